The van der Waals surface area contributed by atoms with Gasteiger partial charge in [-0.1, -0.05) is 42.5 Å². The second-order valence-corrected chi connectivity index (χ2v) is 5.19. The second kappa shape index (κ2) is 4.92. The first-order valence-electron chi connectivity index (χ1n) is 6.71. The van der Waals surface area contributed by atoms with Crippen molar-refractivity contribution in [2.45, 2.75) is 13.0 Å². The molecule has 0 saturated heterocycles. The van der Waals surface area contributed by atoms with Crippen LogP contribution in [0.1, 0.15) is 45.6 Å². The van der Waals surface area contributed by atoms with E-state index in [0.717, 1.165) is 22.3 Å². The molecule has 1 atom stereocenters. The van der Waals surface area contributed by atoms with E-state index in [4.69, 9.17) is 0 Å². The van der Waals surface area contributed by atoms with Gasteiger partial charge < -0.3 is 5.32 Å². The van der Waals surface area contributed by atoms with Crippen molar-refractivity contribution in [3.63, 3.8) is 0 Å². The average molecular weight is 274 g/mol. The molecule has 1 amide bonds. The molecule has 0 spiro atoms. The quantitative estimate of drug-likeness (QED) is 0.912. The third-order valence-electron chi connectivity index (χ3n) is 3.77. The summed E-state index contributed by atoms with van der Waals surface area (Å²) in [7, 11) is 0. The Bertz CT molecular complexity index is 799. The molecule has 0 aliphatic carbocycles. The Morgan fingerprint density at radius 2 is 2.00 bits per heavy atom. The number of amides is 1. The Morgan fingerprint density at radius 1 is 1.24 bits per heavy atom. The normalized spacial score (nSPS) is 16.0. The smallest absolute Gasteiger partial charge is 0.252 e. The largest absolute Gasteiger partial charge is 0.341 e. The zero-order valence-electron chi connectivity index (χ0n) is 11.7. The van der Waals surface area contributed by atoms with Crippen molar-refractivity contribution in [1.29, 1.82) is 5.26 Å². The highest BCUT2D eigenvalue weighted by molar-refractivity contribution is 6.00. The maximum atomic E-state index is 12.2. The van der Waals surface area contributed by atoms with Gasteiger partial charge >= 0.3 is 0 Å². The van der Waals surface area contributed by atoms with E-state index in [2.05, 4.69) is 18.0 Å². The Balaban J connectivity index is 2.13. The molecule has 1 aliphatic heterocycles. The van der Waals surface area contributed by atoms with E-state index in [9.17, 15) is 10.1 Å². The van der Waals surface area contributed by atoms with Crippen molar-refractivity contribution in [1.82, 2.24) is 5.32 Å². The number of rotatable bonds is 2. The molecule has 2 aromatic rings. The van der Waals surface area contributed by atoms with E-state index >= 15 is 0 Å². The highest BCUT2D eigenvalue weighted by Gasteiger charge is 2.31. The fourth-order valence-electron chi connectivity index (χ4n) is 2.65. The van der Waals surface area contributed by atoms with Crippen molar-refractivity contribution >= 4 is 11.5 Å². The zero-order valence-corrected chi connectivity index (χ0v) is 11.7. The Kier molecular flexibility index (Phi) is 3.08. The van der Waals surface area contributed by atoms with Crippen molar-refractivity contribution in [2.24, 2.45) is 0 Å². The fraction of sp³-hybridized carbons (Fsp3) is 0.111. The van der Waals surface area contributed by atoms with Crippen LogP contribution in [0.5, 0.6) is 0 Å². The van der Waals surface area contributed by atoms with E-state index in [1.54, 1.807) is 6.07 Å². The van der Waals surface area contributed by atoms with E-state index in [0.29, 0.717) is 11.1 Å². The molecule has 1 heterocycles. The number of carbonyl (C=O) groups is 1. The van der Waals surface area contributed by atoms with Crippen molar-refractivity contribution < 1.29 is 4.79 Å². The zero-order chi connectivity index (χ0) is 15.0. The third kappa shape index (κ3) is 2.11. The monoisotopic (exact) mass is 274 g/mol. The number of carbonyl (C=O) groups excluding carboxylic acids is 1. The molecule has 21 heavy (non-hydrogen) atoms. The summed E-state index contributed by atoms with van der Waals surface area (Å²) in [5, 5.41) is 12.2. The van der Waals surface area contributed by atoms with Crippen LogP contribution in [0.25, 0.3) is 5.57 Å². The Morgan fingerprint density at radius 3 is 2.71 bits per heavy atom. The average Bonchev–Trinajstić information content (AvgIpc) is 2.83. The Labute approximate surface area is 123 Å². The summed E-state index contributed by atoms with van der Waals surface area (Å²) in [6, 6.07) is 15.0. The number of benzene rings is 2. The molecule has 1 N–H and O–H groups in total. The van der Waals surface area contributed by atoms with Crippen LogP contribution in [0.2, 0.25) is 0 Å². The minimum atomic E-state index is -0.262. The number of fused-ring (bicyclic) bond motifs is 1. The fourth-order valence-corrected chi connectivity index (χ4v) is 2.65. The first-order chi connectivity index (χ1) is 10.1. The molecule has 0 radical (unpaired) electrons. The molecule has 0 saturated carbocycles. The van der Waals surface area contributed by atoms with Gasteiger partial charge in [0.15, 0.2) is 0 Å². The van der Waals surface area contributed by atoms with Gasteiger partial charge in [-0.05, 0) is 35.7 Å². The number of nitrogens with one attached hydrogen (secondary N) is 1. The van der Waals surface area contributed by atoms with Gasteiger partial charge in [-0.25, -0.2) is 0 Å². The van der Waals surface area contributed by atoms with Crippen LogP contribution in [0, 0.1) is 11.3 Å². The number of nitrogens with zero attached hydrogens (tertiary/aromatic N) is 1. The minimum absolute atomic E-state index is 0.106. The molecule has 0 aromatic heterocycles. The van der Waals surface area contributed by atoms with E-state index < -0.39 is 0 Å². The highest BCUT2D eigenvalue weighted by atomic mass is 16.2. The molecule has 0 bridgehead atoms. The number of nitriles is 1. The summed E-state index contributed by atoms with van der Waals surface area (Å²) in [4.78, 5) is 12.2. The van der Waals surface area contributed by atoms with Crippen molar-refractivity contribution in [3.05, 3.63) is 76.9 Å². The molecule has 3 rings (SSSR count). The van der Waals surface area contributed by atoms with Gasteiger partial charge in [0.1, 0.15) is 0 Å². The predicted molar refractivity (Wildman–Crippen MR) is 81.6 cm³/mol. The number of hydrogen-bond acceptors (Lipinski definition) is 2. The van der Waals surface area contributed by atoms with E-state index in [1.165, 1.54) is 0 Å². The summed E-state index contributed by atoms with van der Waals surface area (Å²) in [6.45, 7) is 5.82. The summed E-state index contributed by atoms with van der Waals surface area (Å²) in [6.07, 6.45) is 0. The molecule has 0 fully saturated rings. The van der Waals surface area contributed by atoms with Crippen molar-refractivity contribution in [2.75, 3.05) is 0 Å². The summed E-state index contributed by atoms with van der Waals surface area (Å²) < 4.78 is 0. The van der Waals surface area contributed by atoms with Crippen LogP contribution in [-0.2, 0) is 0 Å². The lowest BCUT2D eigenvalue weighted by molar-refractivity contribution is 0.0960. The van der Waals surface area contributed by atoms with Gasteiger partial charge in [-0.15, -0.1) is 0 Å². The summed E-state index contributed by atoms with van der Waals surface area (Å²) >= 11 is 0. The van der Waals surface area contributed by atoms with Crippen LogP contribution in [-0.4, -0.2) is 5.91 Å². The molecule has 3 nitrogen and oxygen atoms in total. The van der Waals surface area contributed by atoms with Gasteiger partial charge in [0.25, 0.3) is 5.91 Å². The molecule has 2 aromatic carbocycles. The molecule has 102 valence electrons. The lowest BCUT2D eigenvalue weighted by atomic mass is 9.93. The maximum absolute atomic E-state index is 12.2. The first-order valence-corrected chi connectivity index (χ1v) is 6.71. The maximum Gasteiger partial charge on any atom is 0.252 e. The lowest BCUT2D eigenvalue weighted by Crippen LogP contribution is -2.20. The summed E-state index contributed by atoms with van der Waals surface area (Å²) in [5.74, 6) is -0.106. The molecular formula is C18H14N2O. The standard InChI is InChI=1S/C18H14N2O/c1-11(2)12-7-8-15-16(9-12)18(21)20-17(15)14-6-4-3-5-13(14)10-19/h3-9,17H,1H2,2H3,(H,20,21). The number of allylic oxidation sites excluding steroid dienone is 1. The van der Waals surface area contributed by atoms with E-state index in [1.807, 2.05) is 43.3 Å². The van der Waals surface area contributed by atoms with Crippen LogP contribution < -0.4 is 5.32 Å². The van der Waals surface area contributed by atoms with Crippen LogP contribution in [0.4, 0.5) is 0 Å². The highest BCUT2D eigenvalue weighted by Crippen LogP contribution is 2.33. The van der Waals surface area contributed by atoms with Gasteiger partial charge in [0, 0.05) is 5.56 Å². The molecular weight excluding hydrogens is 260 g/mol. The SMILES string of the molecule is C=C(C)c1ccc2c(c1)C(=O)NC2c1ccccc1C#N. The second-order valence-electron chi connectivity index (χ2n) is 5.19. The first kappa shape index (κ1) is 13.1. The van der Waals surface area contributed by atoms with Crippen LogP contribution in [0.3, 0.4) is 0 Å². The molecule has 1 unspecified atom stereocenters. The number of hydrogen-bond donors (Lipinski definition) is 1. The van der Waals surface area contributed by atoms with Gasteiger partial charge in [0.2, 0.25) is 0 Å². The van der Waals surface area contributed by atoms with Gasteiger partial charge in [0.05, 0.1) is 17.7 Å². The van der Waals surface area contributed by atoms with Crippen LogP contribution in [0.15, 0.2) is 49.0 Å². The summed E-state index contributed by atoms with van der Waals surface area (Å²) in [5.41, 5.74) is 4.86. The minimum Gasteiger partial charge on any atom is -0.341 e. The molecule has 3 heteroatoms. The van der Waals surface area contributed by atoms with E-state index in [-0.39, 0.29) is 11.9 Å². The third-order valence-corrected chi connectivity index (χ3v) is 3.77. The lowest BCUT2D eigenvalue weighted by Gasteiger charge is -2.14. The molecule has 1 aliphatic rings. The van der Waals surface area contributed by atoms with Gasteiger partial charge in [-0.2, -0.15) is 5.26 Å². The van der Waals surface area contributed by atoms with Crippen LogP contribution >= 0.6 is 0 Å². The van der Waals surface area contributed by atoms with Gasteiger partial charge in [-0.3, -0.25) is 4.79 Å². The topological polar surface area (TPSA) is 52.9 Å². The Hall–Kier alpha value is -2.86. The predicted octanol–water partition coefficient (Wildman–Crippen LogP) is 3.42. The van der Waals surface area contributed by atoms with Crippen molar-refractivity contribution in [3.8, 4) is 6.07 Å².